The average Bonchev–Trinajstić information content (AvgIpc) is 3.12. The maximum atomic E-state index is 12.6. The van der Waals surface area contributed by atoms with Gasteiger partial charge in [-0.15, -0.1) is 4.98 Å². The van der Waals surface area contributed by atoms with E-state index >= 15 is 0 Å². The lowest BCUT2D eigenvalue weighted by Crippen LogP contribution is -2.46. The van der Waals surface area contributed by atoms with Crippen molar-refractivity contribution in [2.75, 3.05) is 39.3 Å². The molecule has 0 bridgehead atoms. The van der Waals surface area contributed by atoms with E-state index < -0.39 is 0 Å². The van der Waals surface area contributed by atoms with Crippen molar-refractivity contribution >= 4 is 11.9 Å². The predicted octanol–water partition coefficient (Wildman–Crippen LogP) is 0.363. The van der Waals surface area contributed by atoms with E-state index in [4.69, 9.17) is 9.47 Å². The van der Waals surface area contributed by atoms with E-state index in [0.29, 0.717) is 11.6 Å². The van der Waals surface area contributed by atoms with Crippen molar-refractivity contribution in [3.8, 4) is 12.0 Å². The number of anilines is 1. The summed E-state index contributed by atoms with van der Waals surface area (Å²) in [4.78, 5) is 33.1. The summed E-state index contributed by atoms with van der Waals surface area (Å²) in [6.45, 7) is 1.45. The standard InChI is InChI=1S/C16H23N7O3/c1-21-10-17-9-12(21)13(24)22(2)11-5-7-23(8-6-11)14-18-15(25-3)20-16(19-14)26-4/h9-11H,5-8H2,1-4H3. The van der Waals surface area contributed by atoms with Gasteiger partial charge in [-0.1, -0.05) is 0 Å². The van der Waals surface area contributed by atoms with Crippen LogP contribution in [0.3, 0.4) is 0 Å². The number of carbonyl (C=O) groups excluding carboxylic acids is 1. The van der Waals surface area contributed by atoms with E-state index in [1.807, 2.05) is 19.0 Å². The highest BCUT2D eigenvalue weighted by Crippen LogP contribution is 2.23. The number of hydrogen-bond acceptors (Lipinski definition) is 8. The summed E-state index contributed by atoms with van der Waals surface area (Å²) >= 11 is 0. The van der Waals surface area contributed by atoms with Crippen LogP contribution in [0, 0.1) is 0 Å². The molecule has 0 saturated carbocycles. The molecule has 1 aliphatic rings. The second-order valence-corrected chi connectivity index (χ2v) is 6.13. The summed E-state index contributed by atoms with van der Waals surface area (Å²) in [7, 11) is 6.66. The van der Waals surface area contributed by atoms with E-state index in [9.17, 15) is 4.79 Å². The minimum absolute atomic E-state index is 0.0213. The van der Waals surface area contributed by atoms with Gasteiger partial charge in [-0.25, -0.2) is 4.98 Å². The molecule has 1 aliphatic heterocycles. The summed E-state index contributed by atoms with van der Waals surface area (Å²) in [5, 5.41) is 0. The molecule has 140 valence electrons. The summed E-state index contributed by atoms with van der Waals surface area (Å²) < 4.78 is 11.9. The Balaban J connectivity index is 1.66. The number of carbonyl (C=O) groups is 1. The van der Waals surface area contributed by atoms with E-state index in [2.05, 4.69) is 19.9 Å². The molecule has 3 rings (SSSR count). The molecule has 0 spiro atoms. The number of hydrogen-bond donors (Lipinski definition) is 0. The molecular formula is C16H23N7O3. The largest absolute Gasteiger partial charge is 0.467 e. The van der Waals surface area contributed by atoms with Gasteiger partial charge in [0.25, 0.3) is 5.91 Å². The van der Waals surface area contributed by atoms with Gasteiger partial charge in [-0.05, 0) is 12.8 Å². The number of aromatic nitrogens is 5. The quantitative estimate of drug-likeness (QED) is 0.753. The first-order valence-electron chi connectivity index (χ1n) is 8.36. The lowest BCUT2D eigenvalue weighted by molar-refractivity contribution is 0.0699. The third-order valence-electron chi connectivity index (χ3n) is 4.60. The van der Waals surface area contributed by atoms with Crippen molar-refractivity contribution < 1.29 is 14.3 Å². The van der Waals surface area contributed by atoms with Crippen LogP contribution >= 0.6 is 0 Å². The van der Waals surface area contributed by atoms with E-state index in [1.165, 1.54) is 14.2 Å². The fourth-order valence-electron chi connectivity index (χ4n) is 3.01. The first kappa shape index (κ1) is 17.9. The van der Waals surface area contributed by atoms with Crippen LogP contribution < -0.4 is 14.4 Å². The SMILES string of the molecule is COc1nc(OC)nc(N2CCC(N(C)C(=O)c3cncn3C)CC2)n1. The van der Waals surface area contributed by atoms with E-state index in [0.717, 1.165) is 25.9 Å². The van der Waals surface area contributed by atoms with Crippen LogP contribution in [-0.4, -0.2) is 75.7 Å². The number of ether oxygens (including phenoxy) is 2. The van der Waals surface area contributed by atoms with Crippen LogP contribution in [0.4, 0.5) is 5.95 Å². The lowest BCUT2D eigenvalue weighted by atomic mass is 10.0. The lowest BCUT2D eigenvalue weighted by Gasteiger charge is -2.36. The van der Waals surface area contributed by atoms with Crippen LogP contribution in [-0.2, 0) is 7.05 Å². The number of amides is 1. The average molecular weight is 361 g/mol. The Morgan fingerprint density at radius 2 is 1.77 bits per heavy atom. The van der Waals surface area contributed by atoms with Crippen molar-refractivity contribution in [2.24, 2.45) is 7.05 Å². The Morgan fingerprint density at radius 1 is 1.15 bits per heavy atom. The molecule has 10 nitrogen and oxygen atoms in total. The third kappa shape index (κ3) is 3.53. The fourth-order valence-corrected chi connectivity index (χ4v) is 3.01. The number of methoxy groups -OCH3 is 2. The number of aryl methyl sites for hydroxylation is 1. The fraction of sp³-hybridized carbons (Fsp3) is 0.562. The molecule has 10 heteroatoms. The Labute approximate surface area is 151 Å². The van der Waals surface area contributed by atoms with Gasteiger partial charge in [0.15, 0.2) is 0 Å². The topological polar surface area (TPSA) is 98.5 Å². The van der Waals surface area contributed by atoms with Gasteiger partial charge < -0.3 is 23.8 Å². The zero-order chi connectivity index (χ0) is 18.7. The zero-order valence-corrected chi connectivity index (χ0v) is 15.4. The molecular weight excluding hydrogens is 338 g/mol. The molecule has 1 saturated heterocycles. The van der Waals surface area contributed by atoms with Gasteiger partial charge in [-0.2, -0.15) is 9.97 Å². The number of imidazole rings is 1. The second kappa shape index (κ2) is 7.54. The van der Waals surface area contributed by atoms with Gasteiger partial charge in [0.1, 0.15) is 5.69 Å². The molecule has 0 radical (unpaired) electrons. The highest BCUT2D eigenvalue weighted by atomic mass is 16.5. The van der Waals surface area contributed by atoms with Crippen molar-refractivity contribution in [1.82, 2.24) is 29.4 Å². The Kier molecular flexibility index (Phi) is 5.19. The number of piperidine rings is 1. The van der Waals surface area contributed by atoms with Gasteiger partial charge in [0.05, 0.1) is 26.7 Å². The Hall–Kier alpha value is -2.91. The molecule has 0 atom stereocenters. The van der Waals surface area contributed by atoms with Crippen molar-refractivity contribution in [3.63, 3.8) is 0 Å². The zero-order valence-electron chi connectivity index (χ0n) is 15.4. The molecule has 2 aromatic heterocycles. The monoisotopic (exact) mass is 361 g/mol. The van der Waals surface area contributed by atoms with Gasteiger partial charge in [0, 0.05) is 33.2 Å². The highest BCUT2D eigenvalue weighted by Gasteiger charge is 2.28. The molecule has 0 aliphatic carbocycles. The molecule has 26 heavy (non-hydrogen) atoms. The Bertz CT molecular complexity index is 749. The summed E-state index contributed by atoms with van der Waals surface area (Å²) in [6.07, 6.45) is 4.86. The van der Waals surface area contributed by atoms with Crippen LogP contribution in [0.2, 0.25) is 0 Å². The number of rotatable bonds is 5. The maximum Gasteiger partial charge on any atom is 0.324 e. The van der Waals surface area contributed by atoms with Gasteiger partial charge >= 0.3 is 12.0 Å². The Morgan fingerprint density at radius 3 is 2.27 bits per heavy atom. The first-order chi connectivity index (χ1) is 12.5. The molecule has 0 unspecified atom stereocenters. The van der Waals surface area contributed by atoms with Crippen molar-refractivity contribution in [1.29, 1.82) is 0 Å². The van der Waals surface area contributed by atoms with Crippen LogP contribution in [0.25, 0.3) is 0 Å². The van der Waals surface area contributed by atoms with E-state index in [1.54, 1.807) is 22.0 Å². The minimum Gasteiger partial charge on any atom is -0.467 e. The minimum atomic E-state index is -0.0213. The molecule has 0 N–H and O–H groups in total. The summed E-state index contributed by atoms with van der Waals surface area (Å²) in [6, 6.07) is 0.592. The first-order valence-corrected chi connectivity index (χ1v) is 8.36. The summed E-state index contributed by atoms with van der Waals surface area (Å²) in [5.74, 6) is 0.500. The predicted molar refractivity (Wildman–Crippen MR) is 93.5 cm³/mol. The second-order valence-electron chi connectivity index (χ2n) is 6.13. The number of nitrogens with zero attached hydrogens (tertiary/aromatic N) is 7. The van der Waals surface area contributed by atoms with E-state index in [-0.39, 0.29) is 24.0 Å². The van der Waals surface area contributed by atoms with Gasteiger partial charge in [-0.3, -0.25) is 4.79 Å². The highest BCUT2D eigenvalue weighted by molar-refractivity contribution is 5.92. The third-order valence-corrected chi connectivity index (χ3v) is 4.60. The van der Waals surface area contributed by atoms with Crippen LogP contribution in [0.1, 0.15) is 23.3 Å². The van der Waals surface area contributed by atoms with Crippen molar-refractivity contribution in [2.45, 2.75) is 18.9 Å². The molecule has 1 fully saturated rings. The maximum absolute atomic E-state index is 12.6. The molecule has 1 amide bonds. The van der Waals surface area contributed by atoms with Crippen molar-refractivity contribution in [3.05, 3.63) is 18.2 Å². The van der Waals surface area contributed by atoms with Crippen LogP contribution in [0.15, 0.2) is 12.5 Å². The van der Waals surface area contributed by atoms with Crippen LogP contribution in [0.5, 0.6) is 12.0 Å². The molecule has 3 heterocycles. The normalized spacial score (nSPS) is 15.0. The smallest absolute Gasteiger partial charge is 0.324 e. The summed E-state index contributed by atoms with van der Waals surface area (Å²) in [5.41, 5.74) is 0.585. The van der Waals surface area contributed by atoms with Gasteiger partial charge in [0.2, 0.25) is 5.95 Å². The molecule has 0 aromatic carbocycles. The molecule has 2 aromatic rings.